The highest BCUT2D eigenvalue weighted by Gasteiger charge is 2.46. The lowest BCUT2D eigenvalue weighted by atomic mass is 9.69. The van der Waals surface area contributed by atoms with Crippen molar-refractivity contribution in [1.82, 2.24) is 9.80 Å². The van der Waals surface area contributed by atoms with E-state index in [4.69, 9.17) is 0 Å². The quantitative estimate of drug-likeness (QED) is 0.887. The standard InChI is InChI=1S/C18H28N2O3S/c1-19-10-3-8-18(14-21)9-11-20(13-17(18)19)12-15-4-6-16(7-5-15)24(2,22)23/h4-7,17,21H,3,8-14H2,1-2H3/t17-,18-/m1/s1. The number of fused-ring (bicyclic) bond motifs is 1. The highest BCUT2D eigenvalue weighted by molar-refractivity contribution is 7.90. The Morgan fingerprint density at radius 1 is 1.21 bits per heavy atom. The molecule has 0 aliphatic carbocycles. The average molecular weight is 353 g/mol. The van der Waals surface area contributed by atoms with Crippen LogP contribution in [-0.4, -0.2) is 68.9 Å². The van der Waals surface area contributed by atoms with Gasteiger partial charge < -0.3 is 10.0 Å². The van der Waals surface area contributed by atoms with Gasteiger partial charge in [-0.2, -0.15) is 0 Å². The van der Waals surface area contributed by atoms with Crippen molar-refractivity contribution >= 4 is 9.84 Å². The zero-order valence-corrected chi connectivity index (χ0v) is 15.4. The molecular formula is C18H28N2O3S. The first-order valence-electron chi connectivity index (χ1n) is 8.66. The van der Waals surface area contributed by atoms with E-state index in [0.717, 1.165) is 44.6 Å². The number of nitrogens with zero attached hydrogens (tertiary/aromatic N) is 2. The van der Waals surface area contributed by atoms with Crippen LogP contribution < -0.4 is 0 Å². The van der Waals surface area contributed by atoms with Gasteiger partial charge in [-0.1, -0.05) is 12.1 Å². The topological polar surface area (TPSA) is 60.9 Å². The fraction of sp³-hybridized carbons (Fsp3) is 0.667. The van der Waals surface area contributed by atoms with E-state index in [1.165, 1.54) is 12.7 Å². The molecule has 0 saturated carbocycles. The second-order valence-corrected chi connectivity index (χ2v) is 9.54. The number of sulfone groups is 1. The van der Waals surface area contributed by atoms with Crippen LogP contribution in [0.1, 0.15) is 24.8 Å². The number of hydrogen-bond donors (Lipinski definition) is 1. The first kappa shape index (κ1) is 17.9. The molecule has 3 rings (SSSR count). The third-order valence-electron chi connectivity index (χ3n) is 5.85. The van der Waals surface area contributed by atoms with Gasteiger partial charge in [0.1, 0.15) is 0 Å². The fourth-order valence-electron chi connectivity index (χ4n) is 4.32. The molecule has 0 radical (unpaired) electrons. The zero-order valence-electron chi connectivity index (χ0n) is 14.6. The molecule has 2 heterocycles. The number of rotatable bonds is 4. The number of piperidine rings is 2. The summed E-state index contributed by atoms with van der Waals surface area (Å²) in [7, 11) is -0.970. The van der Waals surface area contributed by atoms with E-state index in [-0.39, 0.29) is 12.0 Å². The normalized spacial score (nSPS) is 29.4. The Kier molecular flexibility index (Phi) is 5.02. The number of aliphatic hydroxyl groups is 1. The van der Waals surface area contributed by atoms with Crippen LogP contribution in [0, 0.1) is 5.41 Å². The molecule has 2 atom stereocenters. The Morgan fingerprint density at radius 3 is 2.54 bits per heavy atom. The third kappa shape index (κ3) is 3.52. The van der Waals surface area contributed by atoms with E-state index in [1.807, 2.05) is 12.1 Å². The first-order chi connectivity index (χ1) is 11.3. The molecule has 5 nitrogen and oxygen atoms in total. The van der Waals surface area contributed by atoms with Crippen molar-refractivity contribution in [3.8, 4) is 0 Å². The number of benzene rings is 1. The Labute approximate surface area is 145 Å². The van der Waals surface area contributed by atoms with Crippen LogP contribution in [0.2, 0.25) is 0 Å². The van der Waals surface area contributed by atoms with Crippen LogP contribution in [0.3, 0.4) is 0 Å². The maximum Gasteiger partial charge on any atom is 0.175 e. The molecule has 1 aromatic rings. The predicted octanol–water partition coefficient (Wildman–Crippen LogP) is 1.37. The van der Waals surface area contributed by atoms with Crippen molar-refractivity contribution < 1.29 is 13.5 Å². The smallest absolute Gasteiger partial charge is 0.175 e. The molecule has 1 aromatic carbocycles. The molecule has 0 unspecified atom stereocenters. The minimum Gasteiger partial charge on any atom is -0.396 e. The van der Waals surface area contributed by atoms with Gasteiger partial charge >= 0.3 is 0 Å². The highest BCUT2D eigenvalue weighted by atomic mass is 32.2. The van der Waals surface area contributed by atoms with E-state index >= 15 is 0 Å². The SMILES string of the molecule is CN1CCC[C@]2(CO)CCN(Cc3ccc(S(C)(=O)=O)cc3)C[C@@H]12. The monoisotopic (exact) mass is 352 g/mol. The molecule has 0 amide bonds. The van der Waals surface area contributed by atoms with Gasteiger partial charge in [0.25, 0.3) is 0 Å². The van der Waals surface area contributed by atoms with E-state index in [2.05, 4.69) is 16.8 Å². The van der Waals surface area contributed by atoms with Gasteiger partial charge in [-0.05, 0) is 57.1 Å². The van der Waals surface area contributed by atoms with Crippen LogP contribution in [0.15, 0.2) is 29.2 Å². The highest BCUT2D eigenvalue weighted by Crippen LogP contribution is 2.41. The second kappa shape index (κ2) is 6.75. The van der Waals surface area contributed by atoms with Crippen molar-refractivity contribution in [3.05, 3.63) is 29.8 Å². The molecule has 134 valence electrons. The molecule has 2 fully saturated rings. The summed E-state index contributed by atoms with van der Waals surface area (Å²) in [5, 5.41) is 9.98. The van der Waals surface area contributed by atoms with E-state index in [0.29, 0.717) is 10.9 Å². The lowest BCUT2D eigenvalue weighted by Crippen LogP contribution is -2.61. The van der Waals surface area contributed by atoms with Crippen molar-refractivity contribution in [2.45, 2.75) is 36.7 Å². The van der Waals surface area contributed by atoms with Gasteiger partial charge in [0.15, 0.2) is 9.84 Å². The summed E-state index contributed by atoms with van der Waals surface area (Å²) < 4.78 is 23.1. The molecule has 1 N–H and O–H groups in total. The molecule has 2 saturated heterocycles. The molecule has 2 aliphatic rings. The minimum absolute atomic E-state index is 0.0592. The molecule has 0 bridgehead atoms. The van der Waals surface area contributed by atoms with Crippen molar-refractivity contribution in [1.29, 1.82) is 0 Å². The number of likely N-dealkylation sites (tertiary alicyclic amines) is 2. The van der Waals surface area contributed by atoms with Gasteiger partial charge in [0.2, 0.25) is 0 Å². The van der Waals surface area contributed by atoms with Crippen LogP contribution in [0.25, 0.3) is 0 Å². The van der Waals surface area contributed by atoms with Crippen LogP contribution in [0.4, 0.5) is 0 Å². The maximum atomic E-state index is 11.6. The van der Waals surface area contributed by atoms with Gasteiger partial charge in [-0.3, -0.25) is 4.90 Å². The number of hydrogen-bond acceptors (Lipinski definition) is 5. The number of aliphatic hydroxyl groups excluding tert-OH is 1. The molecule has 6 heteroatoms. The second-order valence-electron chi connectivity index (χ2n) is 7.52. The van der Waals surface area contributed by atoms with Gasteiger partial charge in [-0.25, -0.2) is 8.42 Å². The summed E-state index contributed by atoms with van der Waals surface area (Å²) in [5.74, 6) is 0. The van der Waals surface area contributed by atoms with Crippen molar-refractivity contribution in [2.75, 3.05) is 39.5 Å². The summed E-state index contributed by atoms with van der Waals surface area (Å²) >= 11 is 0. The summed E-state index contributed by atoms with van der Waals surface area (Å²) in [6.45, 7) is 4.15. The molecule has 0 spiro atoms. The Hall–Kier alpha value is -0.950. The summed E-state index contributed by atoms with van der Waals surface area (Å²) in [6.07, 6.45) is 4.55. The van der Waals surface area contributed by atoms with E-state index in [1.54, 1.807) is 12.1 Å². The lowest BCUT2D eigenvalue weighted by molar-refractivity contribution is -0.0684. The summed E-state index contributed by atoms with van der Waals surface area (Å²) in [4.78, 5) is 5.20. The van der Waals surface area contributed by atoms with Gasteiger partial charge in [-0.15, -0.1) is 0 Å². The Morgan fingerprint density at radius 2 is 1.92 bits per heavy atom. The van der Waals surface area contributed by atoms with Crippen molar-refractivity contribution in [3.63, 3.8) is 0 Å². The molecule has 24 heavy (non-hydrogen) atoms. The average Bonchev–Trinajstić information content (AvgIpc) is 2.55. The van der Waals surface area contributed by atoms with Crippen molar-refractivity contribution in [2.24, 2.45) is 5.41 Å². The van der Waals surface area contributed by atoms with Crippen LogP contribution in [0.5, 0.6) is 0 Å². The van der Waals surface area contributed by atoms with E-state index in [9.17, 15) is 13.5 Å². The van der Waals surface area contributed by atoms with Crippen LogP contribution in [-0.2, 0) is 16.4 Å². The molecule has 2 aliphatic heterocycles. The Balaban J connectivity index is 1.69. The van der Waals surface area contributed by atoms with Crippen LogP contribution >= 0.6 is 0 Å². The summed E-state index contributed by atoms with van der Waals surface area (Å²) in [6, 6.07) is 7.61. The first-order valence-corrected chi connectivity index (χ1v) is 10.6. The van der Waals surface area contributed by atoms with Gasteiger partial charge in [0.05, 0.1) is 11.5 Å². The predicted molar refractivity (Wildman–Crippen MR) is 94.6 cm³/mol. The number of likely N-dealkylation sites (N-methyl/N-ethyl adjacent to an activating group) is 1. The molecule has 0 aromatic heterocycles. The third-order valence-corrected chi connectivity index (χ3v) is 6.98. The molecular weight excluding hydrogens is 324 g/mol. The lowest BCUT2D eigenvalue weighted by Gasteiger charge is -2.53. The Bertz CT molecular complexity index is 674. The van der Waals surface area contributed by atoms with Gasteiger partial charge in [0, 0.05) is 30.8 Å². The fourth-order valence-corrected chi connectivity index (χ4v) is 4.95. The minimum atomic E-state index is -3.14. The largest absolute Gasteiger partial charge is 0.396 e. The zero-order chi connectivity index (χ0) is 17.4. The van der Waals surface area contributed by atoms with E-state index < -0.39 is 9.84 Å². The summed E-state index contributed by atoms with van der Waals surface area (Å²) in [5.41, 5.74) is 1.20. The maximum absolute atomic E-state index is 11.6.